The standard InChI is InChI=1S/C18H15F2N5OS2/c19-12-4-3-5-13(10-12)25-18(21-22-23-25)28-11-16(26)24-8-9-27-17(24)14-6-1-2-7-15(14)20/h1-7,10,17H,8-9,11H2/t17-/m1/s1. The van der Waals surface area contributed by atoms with Crippen molar-refractivity contribution in [3.05, 3.63) is 65.7 Å². The van der Waals surface area contributed by atoms with E-state index in [2.05, 4.69) is 15.5 Å². The molecule has 0 N–H and O–H groups in total. The van der Waals surface area contributed by atoms with Crippen LogP contribution in [0.25, 0.3) is 5.69 Å². The van der Waals surface area contributed by atoms with Crippen LogP contribution in [0.2, 0.25) is 0 Å². The van der Waals surface area contributed by atoms with E-state index in [9.17, 15) is 13.6 Å². The zero-order chi connectivity index (χ0) is 19.5. The quantitative estimate of drug-likeness (QED) is 0.592. The van der Waals surface area contributed by atoms with Gasteiger partial charge in [-0.2, -0.15) is 4.68 Å². The van der Waals surface area contributed by atoms with Gasteiger partial charge in [0.2, 0.25) is 11.1 Å². The van der Waals surface area contributed by atoms with Crippen LogP contribution in [0.15, 0.2) is 53.7 Å². The second kappa shape index (κ2) is 8.27. The van der Waals surface area contributed by atoms with Gasteiger partial charge in [0, 0.05) is 17.9 Å². The van der Waals surface area contributed by atoms with E-state index in [1.165, 1.54) is 34.6 Å². The fourth-order valence-corrected chi connectivity index (χ4v) is 4.98. The molecule has 0 spiro atoms. The predicted octanol–water partition coefficient (Wildman–Crippen LogP) is 3.31. The number of nitrogens with zero attached hydrogens (tertiary/aromatic N) is 5. The Labute approximate surface area is 168 Å². The van der Waals surface area contributed by atoms with Crippen molar-refractivity contribution in [2.45, 2.75) is 10.5 Å². The Morgan fingerprint density at radius 3 is 2.89 bits per heavy atom. The summed E-state index contributed by atoms with van der Waals surface area (Å²) in [6.45, 7) is 0.553. The Morgan fingerprint density at radius 2 is 2.07 bits per heavy atom. The average Bonchev–Trinajstić information content (AvgIpc) is 3.36. The normalized spacial score (nSPS) is 16.5. The molecule has 1 atom stereocenters. The maximum Gasteiger partial charge on any atom is 0.234 e. The molecular formula is C18H15F2N5OS2. The van der Waals surface area contributed by atoms with Crippen molar-refractivity contribution in [2.24, 2.45) is 0 Å². The highest BCUT2D eigenvalue weighted by Gasteiger charge is 2.32. The summed E-state index contributed by atoms with van der Waals surface area (Å²) in [5, 5.41) is 11.4. The highest BCUT2D eigenvalue weighted by atomic mass is 32.2. The van der Waals surface area contributed by atoms with E-state index in [1.54, 1.807) is 35.2 Å². The number of carbonyl (C=O) groups is 1. The summed E-state index contributed by atoms with van der Waals surface area (Å²) in [5.74, 6) is -0.00114. The van der Waals surface area contributed by atoms with Crippen LogP contribution in [-0.2, 0) is 4.79 Å². The minimum Gasteiger partial charge on any atom is -0.325 e. The largest absolute Gasteiger partial charge is 0.325 e. The average molecular weight is 419 g/mol. The molecule has 1 amide bonds. The molecule has 3 aromatic rings. The molecule has 10 heteroatoms. The number of benzene rings is 2. The van der Waals surface area contributed by atoms with Crippen LogP contribution in [-0.4, -0.2) is 49.1 Å². The molecule has 4 rings (SSSR count). The Bertz CT molecular complexity index is 999. The lowest BCUT2D eigenvalue weighted by atomic mass is 10.2. The van der Waals surface area contributed by atoms with Gasteiger partial charge < -0.3 is 4.90 Å². The summed E-state index contributed by atoms with van der Waals surface area (Å²) < 4.78 is 29.0. The van der Waals surface area contributed by atoms with Crippen molar-refractivity contribution in [1.82, 2.24) is 25.1 Å². The molecule has 0 saturated carbocycles. The fraction of sp³-hybridized carbons (Fsp3) is 0.222. The second-order valence-corrected chi connectivity index (χ2v) is 8.10. The summed E-state index contributed by atoms with van der Waals surface area (Å²) in [7, 11) is 0. The molecule has 2 aromatic carbocycles. The van der Waals surface area contributed by atoms with Crippen molar-refractivity contribution in [1.29, 1.82) is 0 Å². The zero-order valence-corrected chi connectivity index (χ0v) is 16.2. The van der Waals surface area contributed by atoms with Gasteiger partial charge in [0.05, 0.1) is 11.4 Å². The molecular weight excluding hydrogens is 404 g/mol. The maximum atomic E-state index is 14.1. The molecule has 1 aliphatic rings. The molecule has 6 nitrogen and oxygen atoms in total. The van der Waals surface area contributed by atoms with Crippen LogP contribution >= 0.6 is 23.5 Å². The first-order valence-corrected chi connectivity index (χ1v) is 10.5. The zero-order valence-electron chi connectivity index (χ0n) is 14.5. The lowest BCUT2D eigenvalue weighted by Gasteiger charge is -2.24. The molecule has 144 valence electrons. The van der Waals surface area contributed by atoms with Crippen LogP contribution in [0.5, 0.6) is 0 Å². The van der Waals surface area contributed by atoms with Gasteiger partial charge in [-0.1, -0.05) is 36.0 Å². The molecule has 0 bridgehead atoms. The minimum atomic E-state index is -0.401. The Kier molecular flexibility index (Phi) is 5.58. The van der Waals surface area contributed by atoms with Crippen LogP contribution < -0.4 is 0 Å². The molecule has 0 radical (unpaired) electrons. The van der Waals surface area contributed by atoms with Crippen LogP contribution in [0.4, 0.5) is 8.78 Å². The van der Waals surface area contributed by atoms with Crippen molar-refractivity contribution in [2.75, 3.05) is 18.1 Å². The van der Waals surface area contributed by atoms with Crippen LogP contribution in [0.3, 0.4) is 0 Å². The third-order valence-corrected chi connectivity index (χ3v) is 6.35. The first-order valence-electron chi connectivity index (χ1n) is 8.46. The van der Waals surface area contributed by atoms with Crippen LogP contribution in [0.1, 0.15) is 10.9 Å². The van der Waals surface area contributed by atoms with Crippen molar-refractivity contribution in [3.8, 4) is 5.69 Å². The van der Waals surface area contributed by atoms with E-state index in [0.717, 1.165) is 17.5 Å². The SMILES string of the molecule is O=C(CSc1nnnn1-c1cccc(F)c1)N1CCS[C@@H]1c1ccccc1F. The Balaban J connectivity index is 1.47. The number of halogens is 2. The number of carbonyl (C=O) groups excluding carboxylic acids is 1. The molecule has 1 aromatic heterocycles. The first kappa shape index (κ1) is 18.9. The van der Waals surface area contributed by atoms with Crippen molar-refractivity contribution < 1.29 is 13.6 Å². The summed E-state index contributed by atoms with van der Waals surface area (Å²) >= 11 is 2.70. The van der Waals surface area contributed by atoms with E-state index < -0.39 is 5.82 Å². The van der Waals surface area contributed by atoms with E-state index in [0.29, 0.717) is 23.0 Å². The van der Waals surface area contributed by atoms with Gasteiger partial charge in [0.15, 0.2) is 0 Å². The van der Waals surface area contributed by atoms with E-state index in [-0.39, 0.29) is 22.9 Å². The predicted molar refractivity (Wildman–Crippen MR) is 103 cm³/mol. The third-order valence-electron chi connectivity index (χ3n) is 4.20. The minimum absolute atomic E-state index is 0.0984. The molecule has 28 heavy (non-hydrogen) atoms. The second-order valence-electron chi connectivity index (χ2n) is 5.97. The number of hydrogen-bond acceptors (Lipinski definition) is 6. The lowest BCUT2D eigenvalue weighted by Crippen LogP contribution is -2.32. The number of amides is 1. The van der Waals surface area contributed by atoms with Crippen molar-refractivity contribution >= 4 is 29.4 Å². The summed E-state index contributed by atoms with van der Waals surface area (Å²) in [5.41, 5.74) is 0.980. The molecule has 0 unspecified atom stereocenters. The third kappa shape index (κ3) is 3.88. The van der Waals surface area contributed by atoms with Gasteiger partial charge in [0.25, 0.3) is 0 Å². The number of aromatic nitrogens is 4. The van der Waals surface area contributed by atoms with Gasteiger partial charge in [-0.05, 0) is 34.7 Å². The van der Waals surface area contributed by atoms with E-state index in [4.69, 9.17) is 0 Å². The number of tetrazole rings is 1. The number of rotatable bonds is 5. The highest BCUT2D eigenvalue weighted by molar-refractivity contribution is 8.00. The summed E-state index contributed by atoms with van der Waals surface area (Å²) in [4.78, 5) is 14.4. The fourth-order valence-electron chi connectivity index (χ4n) is 2.91. The molecule has 0 aliphatic carbocycles. The monoisotopic (exact) mass is 419 g/mol. The highest BCUT2D eigenvalue weighted by Crippen LogP contribution is 2.39. The molecule has 1 saturated heterocycles. The van der Waals surface area contributed by atoms with Gasteiger partial charge in [0.1, 0.15) is 17.0 Å². The number of thioether (sulfide) groups is 2. The summed E-state index contributed by atoms with van der Waals surface area (Å²) in [6.07, 6.45) is 0. The Morgan fingerprint density at radius 1 is 1.21 bits per heavy atom. The Hall–Kier alpha value is -2.46. The molecule has 1 aliphatic heterocycles. The first-order chi connectivity index (χ1) is 13.6. The summed E-state index contributed by atoms with van der Waals surface area (Å²) in [6, 6.07) is 12.4. The van der Waals surface area contributed by atoms with E-state index in [1.807, 2.05) is 0 Å². The van der Waals surface area contributed by atoms with Gasteiger partial charge in [-0.3, -0.25) is 4.79 Å². The van der Waals surface area contributed by atoms with Crippen molar-refractivity contribution in [3.63, 3.8) is 0 Å². The maximum absolute atomic E-state index is 14.1. The van der Waals surface area contributed by atoms with Gasteiger partial charge in [-0.25, -0.2) is 8.78 Å². The van der Waals surface area contributed by atoms with Gasteiger partial charge >= 0.3 is 0 Å². The topological polar surface area (TPSA) is 63.9 Å². The van der Waals surface area contributed by atoms with Crippen LogP contribution in [0, 0.1) is 11.6 Å². The smallest absolute Gasteiger partial charge is 0.234 e. The number of hydrogen-bond donors (Lipinski definition) is 0. The molecule has 1 fully saturated rings. The van der Waals surface area contributed by atoms with E-state index >= 15 is 0 Å². The lowest BCUT2D eigenvalue weighted by molar-refractivity contribution is -0.128. The molecule has 2 heterocycles. The van der Waals surface area contributed by atoms with Gasteiger partial charge in [-0.15, -0.1) is 16.9 Å².